The number of amides is 1. The molecule has 1 aromatic rings. The average Bonchev–Trinajstić information content (AvgIpc) is 3.82. The molecular formula is C45H65NO9. The molecule has 1 amide bonds. The standard InChI is InChI=1S/C45H65NO9/c1-26(2)27(3)37-38(55-37)41(5,53)35-11-16-45(54)32-22-36(51)44(25-47)24-34(50)33(49)23-40(44,4)31(32)10-15-43(35,45)14-9-28-19-29(21-30(48)20-28)46-18-17-42(39(46)52)12-7-6-8-13-42/h19-22,26-27,31,33-35,37-38,47-50,53-54H,6-18,23-25H2,1-5H3/t27-,31+,33+,34-,35-,37+,38-,40-,41-,43-,44-,45-/m1/s1. The first-order valence-corrected chi connectivity index (χ1v) is 21.4. The number of aromatic hydroxyl groups is 1. The zero-order valence-electron chi connectivity index (χ0n) is 33.6. The molecule has 10 heteroatoms. The van der Waals surface area contributed by atoms with Crippen molar-refractivity contribution in [3.05, 3.63) is 35.4 Å². The summed E-state index contributed by atoms with van der Waals surface area (Å²) in [6, 6.07) is 5.42. The minimum absolute atomic E-state index is 0.0455. The number of anilines is 1. The summed E-state index contributed by atoms with van der Waals surface area (Å²) < 4.78 is 6.29. The van der Waals surface area contributed by atoms with Crippen LogP contribution in [0.5, 0.6) is 5.75 Å². The number of fused-ring (bicyclic) bond motifs is 5. The van der Waals surface area contributed by atoms with Crippen molar-refractivity contribution in [2.24, 2.45) is 45.3 Å². The number of aliphatic hydroxyl groups excluding tert-OH is 3. The van der Waals surface area contributed by atoms with Gasteiger partial charge in [0.15, 0.2) is 5.78 Å². The molecule has 1 aromatic carbocycles. The van der Waals surface area contributed by atoms with Crippen LogP contribution in [0.2, 0.25) is 0 Å². The van der Waals surface area contributed by atoms with Gasteiger partial charge in [0.25, 0.3) is 0 Å². The van der Waals surface area contributed by atoms with Gasteiger partial charge in [-0.25, -0.2) is 0 Å². The lowest BCUT2D eigenvalue weighted by Crippen LogP contribution is -2.67. The van der Waals surface area contributed by atoms with Crippen LogP contribution < -0.4 is 4.90 Å². The molecule has 1 spiro atoms. The molecule has 0 radical (unpaired) electrons. The molecule has 7 aliphatic rings. The Morgan fingerprint density at radius 3 is 2.36 bits per heavy atom. The van der Waals surface area contributed by atoms with Crippen molar-refractivity contribution in [1.29, 1.82) is 0 Å². The minimum Gasteiger partial charge on any atom is -0.508 e. The van der Waals surface area contributed by atoms with E-state index in [-0.39, 0.29) is 59.6 Å². The average molecular weight is 764 g/mol. The van der Waals surface area contributed by atoms with E-state index in [0.29, 0.717) is 62.2 Å². The Kier molecular flexibility index (Phi) is 9.58. The third-order valence-electron chi connectivity index (χ3n) is 17.4. The summed E-state index contributed by atoms with van der Waals surface area (Å²) in [7, 11) is 0. The van der Waals surface area contributed by atoms with Gasteiger partial charge in [0.1, 0.15) is 11.9 Å². The summed E-state index contributed by atoms with van der Waals surface area (Å²) in [6.07, 6.45) is 7.77. The van der Waals surface area contributed by atoms with Gasteiger partial charge in [0.2, 0.25) is 5.91 Å². The quantitative estimate of drug-likeness (QED) is 0.181. The van der Waals surface area contributed by atoms with E-state index in [2.05, 4.69) is 20.8 Å². The van der Waals surface area contributed by atoms with E-state index in [1.165, 1.54) is 0 Å². The third-order valence-corrected chi connectivity index (χ3v) is 17.4. The highest BCUT2D eigenvalue weighted by Crippen LogP contribution is 2.72. The Morgan fingerprint density at radius 1 is 0.964 bits per heavy atom. The van der Waals surface area contributed by atoms with E-state index < -0.39 is 52.4 Å². The first-order chi connectivity index (χ1) is 25.9. The lowest BCUT2D eigenvalue weighted by Gasteiger charge is -2.64. The number of nitrogens with zero attached hydrogens (tertiary/aromatic N) is 1. The van der Waals surface area contributed by atoms with Gasteiger partial charge in [-0.05, 0) is 136 Å². The number of ketones is 1. The lowest BCUT2D eigenvalue weighted by atomic mass is 9.40. The van der Waals surface area contributed by atoms with E-state index in [9.17, 15) is 40.2 Å². The van der Waals surface area contributed by atoms with E-state index in [4.69, 9.17) is 4.74 Å². The number of epoxide rings is 1. The fourth-order valence-electron chi connectivity index (χ4n) is 13.7. The maximum atomic E-state index is 14.4. The second-order valence-electron chi connectivity index (χ2n) is 20.1. The Bertz CT molecular complexity index is 1730. The molecule has 8 rings (SSSR count). The molecule has 5 aliphatic carbocycles. The predicted octanol–water partition coefficient (Wildman–Crippen LogP) is 5.37. The number of hydrogen-bond donors (Lipinski definition) is 6. The number of allylic oxidation sites excluding steroid dienone is 1. The van der Waals surface area contributed by atoms with Gasteiger partial charge in [-0.2, -0.15) is 0 Å². The molecule has 2 heterocycles. The number of phenolic OH excluding ortho intramolecular Hbond substituents is 1. The second-order valence-corrected chi connectivity index (χ2v) is 20.1. The molecule has 12 atom stereocenters. The van der Waals surface area contributed by atoms with Crippen LogP contribution >= 0.6 is 0 Å². The van der Waals surface area contributed by atoms with Crippen LogP contribution in [0.25, 0.3) is 0 Å². The molecule has 2 aliphatic heterocycles. The van der Waals surface area contributed by atoms with Crippen LogP contribution in [0.3, 0.4) is 0 Å². The summed E-state index contributed by atoms with van der Waals surface area (Å²) >= 11 is 0. The van der Waals surface area contributed by atoms with Crippen LogP contribution in [0.1, 0.15) is 124 Å². The van der Waals surface area contributed by atoms with Gasteiger partial charge in [0.05, 0.1) is 47.0 Å². The fraction of sp³-hybridized carbons (Fsp3) is 0.778. The number of phenols is 1. The topological polar surface area (TPSA) is 171 Å². The summed E-state index contributed by atoms with van der Waals surface area (Å²) in [5.41, 5.74) is -3.96. The van der Waals surface area contributed by atoms with Crippen molar-refractivity contribution in [3.63, 3.8) is 0 Å². The summed E-state index contributed by atoms with van der Waals surface area (Å²) in [5.74, 6) is -0.203. The van der Waals surface area contributed by atoms with E-state index >= 15 is 0 Å². The first-order valence-electron chi connectivity index (χ1n) is 21.4. The summed E-state index contributed by atoms with van der Waals surface area (Å²) in [4.78, 5) is 30.1. The van der Waals surface area contributed by atoms with Gasteiger partial charge in [-0.15, -0.1) is 0 Å². The molecule has 0 bridgehead atoms. The fourth-order valence-corrected chi connectivity index (χ4v) is 13.7. The maximum Gasteiger partial charge on any atom is 0.233 e. The van der Waals surface area contributed by atoms with E-state index in [0.717, 1.165) is 44.1 Å². The normalized spacial score (nSPS) is 42.5. The van der Waals surface area contributed by atoms with Gasteiger partial charge in [-0.1, -0.05) is 47.0 Å². The molecule has 0 aromatic heterocycles. The zero-order chi connectivity index (χ0) is 39.5. The van der Waals surface area contributed by atoms with Gasteiger partial charge < -0.3 is 40.3 Å². The Hall–Kier alpha value is -2.34. The number of aryl methyl sites for hydroxylation is 1. The SMILES string of the molecule is CC(C)[C@@H](C)[C@@H]1O[C@H]1[C@](C)(O)[C@H]1CC[C@@]2(O)C3=CC(=O)[C@]4(CO)C[C@@H](O)[C@@H](O)C[C@]4(C)[C@H]3CC[C@]12CCc1cc(O)cc(N2CCC3(CCCCC3)C2=O)c1. The Morgan fingerprint density at radius 2 is 1.67 bits per heavy atom. The van der Waals surface area contributed by atoms with E-state index in [1.54, 1.807) is 18.2 Å². The Labute approximate surface area is 326 Å². The lowest BCUT2D eigenvalue weighted by molar-refractivity contribution is -0.195. The molecular weight excluding hydrogens is 698 g/mol. The van der Waals surface area contributed by atoms with Crippen LogP contribution in [0.4, 0.5) is 5.69 Å². The van der Waals surface area contributed by atoms with Crippen molar-refractivity contribution in [1.82, 2.24) is 0 Å². The number of rotatable bonds is 9. The molecule has 4 saturated carbocycles. The molecule has 304 valence electrons. The largest absolute Gasteiger partial charge is 0.508 e. The van der Waals surface area contributed by atoms with Crippen LogP contribution in [0.15, 0.2) is 29.8 Å². The molecule has 2 saturated heterocycles. The van der Waals surface area contributed by atoms with Crippen molar-refractivity contribution in [2.75, 3.05) is 18.1 Å². The number of aliphatic hydroxyl groups is 5. The number of hydrogen-bond acceptors (Lipinski definition) is 9. The predicted molar refractivity (Wildman–Crippen MR) is 207 cm³/mol. The van der Waals surface area contributed by atoms with Crippen molar-refractivity contribution in [3.8, 4) is 5.75 Å². The summed E-state index contributed by atoms with van der Waals surface area (Å²) in [5, 5.41) is 69.8. The number of carbonyl (C=O) groups is 2. The minimum atomic E-state index is -1.47. The van der Waals surface area contributed by atoms with Gasteiger partial charge in [-0.3, -0.25) is 9.59 Å². The van der Waals surface area contributed by atoms with Crippen LogP contribution in [-0.2, 0) is 20.7 Å². The number of ether oxygens (including phenoxy) is 1. The monoisotopic (exact) mass is 763 g/mol. The van der Waals surface area contributed by atoms with Crippen molar-refractivity contribution >= 4 is 17.4 Å². The van der Waals surface area contributed by atoms with Crippen LogP contribution in [0, 0.1) is 45.3 Å². The molecule has 6 fully saturated rings. The second kappa shape index (κ2) is 13.3. The van der Waals surface area contributed by atoms with Crippen molar-refractivity contribution < 1.29 is 45.0 Å². The molecule has 6 N–H and O–H groups in total. The Balaban J connectivity index is 1.16. The smallest absolute Gasteiger partial charge is 0.233 e. The highest BCUT2D eigenvalue weighted by Gasteiger charge is 2.74. The number of carbonyl (C=O) groups excluding carboxylic acids is 2. The van der Waals surface area contributed by atoms with Crippen molar-refractivity contribution in [2.45, 2.75) is 160 Å². The first kappa shape index (κ1) is 39.5. The number of benzene rings is 1. The summed E-state index contributed by atoms with van der Waals surface area (Å²) in [6.45, 7) is 10.4. The maximum absolute atomic E-state index is 14.4. The van der Waals surface area contributed by atoms with Crippen LogP contribution in [-0.4, -0.2) is 91.1 Å². The highest BCUT2D eigenvalue weighted by molar-refractivity contribution is 6.00. The van der Waals surface area contributed by atoms with Gasteiger partial charge >= 0.3 is 0 Å². The van der Waals surface area contributed by atoms with Gasteiger partial charge in [0, 0.05) is 23.7 Å². The molecule has 55 heavy (non-hydrogen) atoms. The highest BCUT2D eigenvalue weighted by atomic mass is 16.6. The molecule has 0 unspecified atom stereocenters. The third kappa shape index (κ3) is 5.61. The molecule has 10 nitrogen and oxygen atoms in total. The zero-order valence-corrected chi connectivity index (χ0v) is 33.6. The van der Waals surface area contributed by atoms with E-state index in [1.807, 2.05) is 24.8 Å².